The first kappa shape index (κ1) is 21.7. The molecule has 0 heterocycles. The number of hydroxylamine groups is 1. The van der Waals surface area contributed by atoms with E-state index in [1.54, 1.807) is 13.0 Å². The average Bonchev–Trinajstić information content (AvgIpc) is 2.56. The maximum Gasteiger partial charge on any atom is 0.338 e. The summed E-state index contributed by atoms with van der Waals surface area (Å²) in [6.07, 6.45) is 1.86. The summed E-state index contributed by atoms with van der Waals surface area (Å²) >= 11 is 0. The maximum atomic E-state index is 12.1. The number of benzene rings is 1. The number of rotatable bonds is 7. The van der Waals surface area contributed by atoms with E-state index in [1.807, 2.05) is 45.9 Å². The number of carbonyl (C=O) groups excluding carboxylic acids is 3. The summed E-state index contributed by atoms with van der Waals surface area (Å²) in [7, 11) is 0. The van der Waals surface area contributed by atoms with Gasteiger partial charge >= 0.3 is 11.9 Å². The third-order valence-electron chi connectivity index (χ3n) is 3.58. The van der Waals surface area contributed by atoms with Crippen LogP contribution in [0.1, 0.15) is 69.8 Å². The molecule has 0 saturated carbocycles. The summed E-state index contributed by atoms with van der Waals surface area (Å²) < 4.78 is 5.38. The topological polar surface area (TPSA) is 81.7 Å². The number of nitrogens with one attached hydrogen (secondary N) is 1. The van der Waals surface area contributed by atoms with Crippen molar-refractivity contribution in [3.63, 3.8) is 0 Å². The summed E-state index contributed by atoms with van der Waals surface area (Å²) in [5, 5.41) is 0. The third kappa shape index (κ3) is 8.65. The van der Waals surface area contributed by atoms with Crippen molar-refractivity contribution in [2.24, 2.45) is 5.92 Å². The van der Waals surface area contributed by atoms with Gasteiger partial charge in [-0.1, -0.05) is 26.0 Å². The first-order valence-corrected chi connectivity index (χ1v) is 8.91. The largest absolute Gasteiger partial charge is 0.456 e. The molecule has 1 aromatic rings. The van der Waals surface area contributed by atoms with Gasteiger partial charge in [-0.05, 0) is 57.2 Å². The Kier molecular flexibility index (Phi) is 8.29. The monoisotopic (exact) mass is 363 g/mol. The van der Waals surface area contributed by atoms with Crippen LogP contribution in [0, 0.1) is 5.92 Å². The molecule has 0 bridgehead atoms. The zero-order valence-electron chi connectivity index (χ0n) is 16.3. The van der Waals surface area contributed by atoms with E-state index in [4.69, 9.17) is 4.74 Å². The summed E-state index contributed by atoms with van der Waals surface area (Å²) in [6.45, 7) is 9.19. The molecule has 1 amide bonds. The Morgan fingerprint density at radius 3 is 2.50 bits per heavy atom. The van der Waals surface area contributed by atoms with Gasteiger partial charge in [0.15, 0.2) is 0 Å². The molecule has 0 aliphatic rings. The average molecular weight is 363 g/mol. The van der Waals surface area contributed by atoms with E-state index in [1.165, 1.54) is 0 Å². The van der Waals surface area contributed by atoms with Crippen molar-refractivity contribution in [3.8, 4) is 0 Å². The molecule has 0 saturated heterocycles. The van der Waals surface area contributed by atoms with Crippen LogP contribution in [0.25, 0.3) is 0 Å². The van der Waals surface area contributed by atoms with Crippen molar-refractivity contribution in [3.05, 3.63) is 35.4 Å². The molecule has 1 atom stereocenters. The zero-order valence-corrected chi connectivity index (χ0v) is 16.3. The fraction of sp³-hybridized carbons (Fsp3) is 0.550. The minimum absolute atomic E-state index is 0.213. The Bertz CT molecular complexity index is 633. The highest BCUT2D eigenvalue weighted by molar-refractivity contribution is 5.89. The number of hydrogen-bond acceptors (Lipinski definition) is 5. The van der Waals surface area contributed by atoms with Crippen LogP contribution in [0.5, 0.6) is 0 Å². The number of carbonyl (C=O) groups is 3. The maximum absolute atomic E-state index is 12.1. The quantitative estimate of drug-likeness (QED) is 0.591. The smallest absolute Gasteiger partial charge is 0.338 e. The van der Waals surface area contributed by atoms with E-state index in [0.717, 1.165) is 12.0 Å². The van der Waals surface area contributed by atoms with E-state index in [0.29, 0.717) is 12.0 Å². The minimum Gasteiger partial charge on any atom is -0.456 e. The SMILES string of the molecule is CCC(=O)ONC(=O)CCC(C)Cc1cccc(C(=O)OC(C)(C)C)c1. The van der Waals surface area contributed by atoms with Crippen LogP contribution in [0.4, 0.5) is 0 Å². The van der Waals surface area contributed by atoms with Gasteiger partial charge in [-0.2, -0.15) is 5.48 Å². The van der Waals surface area contributed by atoms with E-state index in [9.17, 15) is 14.4 Å². The molecule has 0 fully saturated rings. The van der Waals surface area contributed by atoms with E-state index < -0.39 is 11.6 Å². The number of amides is 1. The highest BCUT2D eigenvalue weighted by Gasteiger charge is 2.18. The van der Waals surface area contributed by atoms with E-state index in [-0.39, 0.29) is 30.6 Å². The predicted octanol–water partition coefficient (Wildman–Crippen LogP) is 3.59. The molecule has 6 nitrogen and oxygen atoms in total. The molecule has 26 heavy (non-hydrogen) atoms. The van der Waals surface area contributed by atoms with Crippen molar-refractivity contribution in [1.29, 1.82) is 0 Å². The van der Waals surface area contributed by atoms with Gasteiger partial charge < -0.3 is 9.57 Å². The molecule has 0 aromatic heterocycles. The van der Waals surface area contributed by atoms with Crippen molar-refractivity contribution >= 4 is 17.8 Å². The molecular weight excluding hydrogens is 334 g/mol. The Balaban J connectivity index is 2.50. The lowest BCUT2D eigenvalue weighted by atomic mass is 9.95. The van der Waals surface area contributed by atoms with Crippen molar-refractivity contribution in [2.75, 3.05) is 0 Å². The molecule has 0 aliphatic carbocycles. The van der Waals surface area contributed by atoms with Crippen LogP contribution in [0.3, 0.4) is 0 Å². The second-order valence-electron chi connectivity index (χ2n) is 7.40. The van der Waals surface area contributed by atoms with Crippen LogP contribution < -0.4 is 5.48 Å². The molecule has 0 radical (unpaired) electrons. The van der Waals surface area contributed by atoms with Crippen LogP contribution in [0.2, 0.25) is 0 Å². The molecule has 1 rings (SSSR count). The molecule has 1 unspecified atom stereocenters. The molecule has 0 aliphatic heterocycles. The number of hydrogen-bond donors (Lipinski definition) is 1. The van der Waals surface area contributed by atoms with Gasteiger partial charge in [-0.15, -0.1) is 0 Å². The van der Waals surface area contributed by atoms with Crippen molar-refractivity contribution in [1.82, 2.24) is 5.48 Å². The zero-order chi connectivity index (χ0) is 19.7. The lowest BCUT2D eigenvalue weighted by molar-refractivity contribution is -0.158. The van der Waals surface area contributed by atoms with Crippen molar-refractivity contribution < 1.29 is 24.0 Å². The Labute approximate surface area is 155 Å². The Hall–Kier alpha value is -2.37. The first-order chi connectivity index (χ1) is 12.1. The highest BCUT2D eigenvalue weighted by atomic mass is 16.7. The van der Waals surface area contributed by atoms with Crippen LogP contribution in [0.15, 0.2) is 24.3 Å². The molecule has 1 aromatic carbocycles. The van der Waals surface area contributed by atoms with Crippen LogP contribution >= 0.6 is 0 Å². The summed E-state index contributed by atoms with van der Waals surface area (Å²) in [5.41, 5.74) is 3.15. The van der Waals surface area contributed by atoms with Crippen LogP contribution in [-0.4, -0.2) is 23.4 Å². The second-order valence-corrected chi connectivity index (χ2v) is 7.40. The van der Waals surface area contributed by atoms with Crippen molar-refractivity contribution in [2.45, 2.75) is 65.9 Å². The van der Waals surface area contributed by atoms with Crippen LogP contribution in [-0.2, 0) is 25.6 Å². The van der Waals surface area contributed by atoms with Gasteiger partial charge in [0.05, 0.1) is 5.56 Å². The van der Waals surface area contributed by atoms with Gasteiger partial charge in [0.25, 0.3) is 5.91 Å². The summed E-state index contributed by atoms with van der Waals surface area (Å²) in [4.78, 5) is 39.4. The van der Waals surface area contributed by atoms with Gasteiger partial charge in [0, 0.05) is 12.8 Å². The fourth-order valence-corrected chi connectivity index (χ4v) is 2.28. The molecule has 0 spiro atoms. The molecule has 6 heteroatoms. The second kappa shape index (κ2) is 9.94. The fourth-order valence-electron chi connectivity index (χ4n) is 2.28. The van der Waals surface area contributed by atoms with Gasteiger partial charge in [0.2, 0.25) is 0 Å². The predicted molar refractivity (Wildman–Crippen MR) is 98.2 cm³/mol. The first-order valence-electron chi connectivity index (χ1n) is 8.91. The van der Waals surface area contributed by atoms with Gasteiger partial charge in [-0.25, -0.2) is 9.59 Å². The lowest BCUT2D eigenvalue weighted by Crippen LogP contribution is -2.26. The minimum atomic E-state index is -0.533. The normalized spacial score (nSPS) is 12.2. The van der Waals surface area contributed by atoms with E-state index >= 15 is 0 Å². The van der Waals surface area contributed by atoms with Gasteiger partial charge in [-0.3, -0.25) is 4.79 Å². The highest BCUT2D eigenvalue weighted by Crippen LogP contribution is 2.17. The summed E-state index contributed by atoms with van der Waals surface area (Å²) in [5.74, 6) is -0.896. The molecule has 144 valence electrons. The number of esters is 1. The number of ether oxygens (including phenoxy) is 1. The third-order valence-corrected chi connectivity index (χ3v) is 3.58. The molecule has 1 N–H and O–H groups in total. The Morgan fingerprint density at radius 2 is 1.88 bits per heavy atom. The molecular formula is C20H29NO5. The summed E-state index contributed by atoms with van der Waals surface area (Å²) in [6, 6.07) is 7.34. The Morgan fingerprint density at radius 1 is 1.19 bits per heavy atom. The lowest BCUT2D eigenvalue weighted by Gasteiger charge is -2.19. The van der Waals surface area contributed by atoms with Gasteiger partial charge in [0.1, 0.15) is 5.60 Å². The standard InChI is InChI=1S/C20H29NO5/c1-6-18(23)26-21-17(22)11-10-14(2)12-15-8-7-9-16(13-15)19(24)25-20(3,4)5/h7-9,13-14H,6,10-12H2,1-5H3,(H,21,22). The van der Waals surface area contributed by atoms with E-state index in [2.05, 4.69) is 10.3 Å².